The summed E-state index contributed by atoms with van der Waals surface area (Å²) in [5.41, 5.74) is -0.241. The number of carbonyl (C=O) groups excluding carboxylic acids is 1. The molecule has 0 aliphatic heterocycles. The van der Waals surface area contributed by atoms with Crippen molar-refractivity contribution in [2.45, 2.75) is 71.2 Å². The minimum atomic E-state index is -4.46. The number of benzene rings is 1. The van der Waals surface area contributed by atoms with Gasteiger partial charge in [0.25, 0.3) is 0 Å². The summed E-state index contributed by atoms with van der Waals surface area (Å²) in [5, 5.41) is 18.9. The monoisotopic (exact) mass is 570 g/mol. The van der Waals surface area contributed by atoms with E-state index in [-0.39, 0.29) is 41.2 Å². The third kappa shape index (κ3) is 6.52. The molecular weight excluding hydrogens is 533 g/mol. The lowest BCUT2D eigenvalue weighted by Crippen LogP contribution is -2.55. The number of amides is 1. The van der Waals surface area contributed by atoms with Crippen LogP contribution in [0.4, 0.5) is 29.7 Å². The molecule has 0 spiro atoms. The van der Waals surface area contributed by atoms with Gasteiger partial charge in [-0.25, -0.2) is 9.78 Å². The Morgan fingerprint density at radius 3 is 2.61 bits per heavy atom. The molecule has 0 radical (unpaired) electrons. The number of anilines is 2. The topological polar surface area (TPSA) is 112 Å². The molecule has 1 heterocycles. The van der Waals surface area contributed by atoms with E-state index < -0.39 is 11.7 Å². The molecule has 11 heteroatoms. The standard InChI is InChI=1S/C30H37F3N6O2/c1-3-18(2)41-28(40)37-16-24-21-8-19-9-22(24)12-29(10-19,11-21)17-38-26-23(13-34)15-36-27(39-26)35-14-20-6-4-5-7-25(20)30(31,32)33/h4-7,15,18-19,21-22,24H,3,8-12,14,16-17H2,1-2H3,(H,37,40)(H2,35,36,38,39). The average molecular weight is 571 g/mol. The minimum Gasteiger partial charge on any atom is -0.447 e. The average Bonchev–Trinajstić information content (AvgIpc) is 2.94. The molecule has 0 saturated heterocycles. The lowest BCUT2D eigenvalue weighted by molar-refractivity contribution is -0.138. The lowest BCUT2D eigenvalue weighted by atomic mass is 9.46. The zero-order chi connectivity index (χ0) is 29.2. The third-order valence-corrected chi connectivity index (χ3v) is 9.26. The van der Waals surface area contributed by atoms with Crippen LogP contribution in [0.5, 0.6) is 0 Å². The highest BCUT2D eigenvalue weighted by atomic mass is 19.4. The summed E-state index contributed by atoms with van der Waals surface area (Å²) in [5.74, 6) is 2.69. The van der Waals surface area contributed by atoms with Crippen molar-refractivity contribution in [3.63, 3.8) is 0 Å². The molecule has 220 valence electrons. The summed E-state index contributed by atoms with van der Waals surface area (Å²) in [6.07, 6.45) is 2.84. The van der Waals surface area contributed by atoms with E-state index in [0.29, 0.717) is 42.6 Å². The van der Waals surface area contributed by atoms with Gasteiger partial charge in [-0.15, -0.1) is 0 Å². The Morgan fingerprint density at radius 2 is 1.93 bits per heavy atom. The maximum atomic E-state index is 13.4. The molecule has 1 aromatic heterocycles. The molecule has 2 aromatic rings. The molecule has 1 aromatic carbocycles. The van der Waals surface area contributed by atoms with Crippen molar-refractivity contribution in [1.29, 1.82) is 5.26 Å². The largest absolute Gasteiger partial charge is 0.447 e. The molecule has 4 fully saturated rings. The van der Waals surface area contributed by atoms with Crippen molar-refractivity contribution in [3.05, 3.63) is 47.2 Å². The molecule has 6 rings (SSSR count). The number of ether oxygens (including phenoxy) is 1. The SMILES string of the molecule is CCC(C)OC(=O)NCC1C2CC3CC1CC(CNc1nc(NCc4ccccc4C(F)(F)F)ncc1C#N)(C3)C2. The number of hydrogen-bond acceptors (Lipinski definition) is 7. The summed E-state index contributed by atoms with van der Waals surface area (Å²) < 4.78 is 45.5. The number of hydrogen-bond donors (Lipinski definition) is 3. The molecule has 8 nitrogen and oxygen atoms in total. The number of alkyl carbamates (subject to hydrolysis) is 1. The zero-order valence-corrected chi connectivity index (χ0v) is 23.4. The first-order valence-electron chi connectivity index (χ1n) is 14.4. The van der Waals surface area contributed by atoms with Gasteiger partial charge in [0, 0.05) is 19.6 Å². The maximum Gasteiger partial charge on any atom is 0.416 e. The predicted molar refractivity (Wildman–Crippen MR) is 148 cm³/mol. The van der Waals surface area contributed by atoms with Gasteiger partial charge in [-0.3, -0.25) is 0 Å². The number of nitrogens with zero attached hydrogens (tertiary/aromatic N) is 3. The molecule has 4 bridgehead atoms. The van der Waals surface area contributed by atoms with Crippen LogP contribution >= 0.6 is 0 Å². The highest BCUT2D eigenvalue weighted by Crippen LogP contribution is 2.62. The van der Waals surface area contributed by atoms with Crippen LogP contribution in [0.15, 0.2) is 30.5 Å². The molecule has 3 atom stereocenters. The van der Waals surface area contributed by atoms with Crippen molar-refractivity contribution in [2.24, 2.45) is 29.1 Å². The first-order chi connectivity index (χ1) is 19.6. The fourth-order valence-corrected chi connectivity index (χ4v) is 7.44. The highest BCUT2D eigenvalue weighted by Gasteiger charge is 2.55. The van der Waals surface area contributed by atoms with E-state index in [9.17, 15) is 23.2 Å². The summed E-state index contributed by atoms with van der Waals surface area (Å²) in [6.45, 7) is 5.07. The quantitative estimate of drug-likeness (QED) is 0.305. The molecule has 4 aliphatic rings. The Hall–Kier alpha value is -3.55. The number of nitriles is 1. The van der Waals surface area contributed by atoms with E-state index in [1.165, 1.54) is 31.2 Å². The van der Waals surface area contributed by atoms with Crippen LogP contribution in [0.3, 0.4) is 0 Å². The van der Waals surface area contributed by atoms with Gasteiger partial charge in [0.1, 0.15) is 23.6 Å². The summed E-state index contributed by atoms with van der Waals surface area (Å²) in [7, 11) is 0. The molecule has 3 N–H and O–H groups in total. The highest BCUT2D eigenvalue weighted by molar-refractivity contribution is 5.67. The van der Waals surface area contributed by atoms with Gasteiger partial charge in [-0.05, 0) is 86.2 Å². The van der Waals surface area contributed by atoms with Crippen LogP contribution in [0.1, 0.15) is 69.1 Å². The van der Waals surface area contributed by atoms with Gasteiger partial charge in [0.05, 0.1) is 11.8 Å². The smallest absolute Gasteiger partial charge is 0.416 e. The molecule has 41 heavy (non-hydrogen) atoms. The number of aromatic nitrogens is 2. The number of rotatable bonds is 10. The summed E-state index contributed by atoms with van der Waals surface area (Å²) in [6, 6.07) is 7.51. The summed E-state index contributed by atoms with van der Waals surface area (Å²) >= 11 is 0. The Balaban J connectivity index is 1.22. The van der Waals surface area contributed by atoms with Gasteiger partial charge in [-0.1, -0.05) is 25.1 Å². The Bertz CT molecular complexity index is 1280. The van der Waals surface area contributed by atoms with Crippen LogP contribution in [0.25, 0.3) is 0 Å². The molecule has 1 amide bonds. The van der Waals surface area contributed by atoms with Gasteiger partial charge >= 0.3 is 12.3 Å². The molecule has 3 unspecified atom stereocenters. The van der Waals surface area contributed by atoms with Crippen LogP contribution in [0.2, 0.25) is 0 Å². The predicted octanol–water partition coefficient (Wildman–Crippen LogP) is 6.36. The summed E-state index contributed by atoms with van der Waals surface area (Å²) in [4.78, 5) is 20.8. The normalized spacial score (nSPS) is 27.1. The van der Waals surface area contributed by atoms with Gasteiger partial charge in [0.2, 0.25) is 5.95 Å². The number of nitrogens with one attached hydrogen (secondary N) is 3. The fourth-order valence-electron chi connectivity index (χ4n) is 7.44. The van der Waals surface area contributed by atoms with Crippen molar-refractivity contribution in [2.75, 3.05) is 23.7 Å². The van der Waals surface area contributed by atoms with Crippen LogP contribution in [-0.2, 0) is 17.5 Å². The minimum absolute atomic E-state index is 0.0845. The van der Waals surface area contributed by atoms with Crippen LogP contribution in [0, 0.1) is 40.4 Å². The van der Waals surface area contributed by atoms with E-state index in [1.807, 2.05) is 13.8 Å². The van der Waals surface area contributed by atoms with Gasteiger partial charge < -0.3 is 20.7 Å². The first-order valence-corrected chi connectivity index (χ1v) is 14.4. The van der Waals surface area contributed by atoms with E-state index in [4.69, 9.17) is 4.74 Å². The first kappa shape index (κ1) is 29.0. The van der Waals surface area contributed by atoms with E-state index >= 15 is 0 Å². The van der Waals surface area contributed by atoms with Crippen molar-refractivity contribution in [3.8, 4) is 6.07 Å². The Morgan fingerprint density at radius 1 is 1.20 bits per heavy atom. The van der Waals surface area contributed by atoms with Gasteiger partial charge in [-0.2, -0.15) is 23.4 Å². The third-order valence-electron chi connectivity index (χ3n) is 9.26. The van der Waals surface area contributed by atoms with E-state index in [1.54, 1.807) is 6.07 Å². The van der Waals surface area contributed by atoms with Crippen molar-refractivity contribution >= 4 is 17.9 Å². The van der Waals surface area contributed by atoms with Crippen molar-refractivity contribution < 1.29 is 22.7 Å². The van der Waals surface area contributed by atoms with E-state index in [0.717, 1.165) is 31.7 Å². The zero-order valence-electron chi connectivity index (χ0n) is 23.4. The van der Waals surface area contributed by atoms with Gasteiger partial charge in [0.15, 0.2) is 0 Å². The molecule has 4 aliphatic carbocycles. The number of carbonyl (C=O) groups is 1. The van der Waals surface area contributed by atoms with Crippen LogP contribution < -0.4 is 16.0 Å². The molecular formula is C30H37F3N6O2. The second-order valence-corrected chi connectivity index (χ2v) is 12.1. The number of halogens is 3. The Labute approximate surface area is 238 Å². The number of alkyl halides is 3. The van der Waals surface area contributed by atoms with E-state index in [2.05, 4.69) is 32.0 Å². The second-order valence-electron chi connectivity index (χ2n) is 12.1. The second kappa shape index (κ2) is 11.7. The maximum absolute atomic E-state index is 13.4. The lowest BCUT2D eigenvalue weighted by Gasteiger charge is -2.60. The fraction of sp³-hybridized carbons (Fsp3) is 0.600. The van der Waals surface area contributed by atoms with Crippen LogP contribution in [-0.4, -0.2) is 35.3 Å². The Kier molecular flexibility index (Phi) is 8.30. The van der Waals surface area contributed by atoms with Crippen molar-refractivity contribution in [1.82, 2.24) is 15.3 Å². The molecule has 4 saturated carbocycles.